The van der Waals surface area contributed by atoms with Crippen LogP contribution in [0, 0.1) is 5.41 Å². The summed E-state index contributed by atoms with van der Waals surface area (Å²) in [5, 5.41) is 0.948. The molecule has 0 unspecified atom stereocenters. The third kappa shape index (κ3) is 2.79. The standard InChI is InChI=1S/C15H20N2O2/c1-15(2,10-16)8-14(18)17(3)12-9-19-13-7-5-4-6-11(12)13/h4-7,9H,8,10,16H2,1-3H3. The number of hydrogen-bond acceptors (Lipinski definition) is 3. The first kappa shape index (κ1) is 13.6. The summed E-state index contributed by atoms with van der Waals surface area (Å²) >= 11 is 0. The van der Waals surface area contributed by atoms with Gasteiger partial charge in [0, 0.05) is 18.9 Å². The summed E-state index contributed by atoms with van der Waals surface area (Å²) in [5.41, 5.74) is 7.07. The van der Waals surface area contributed by atoms with Crippen LogP contribution in [-0.2, 0) is 4.79 Å². The van der Waals surface area contributed by atoms with E-state index in [1.54, 1.807) is 18.2 Å². The average molecular weight is 260 g/mol. The zero-order valence-electron chi connectivity index (χ0n) is 11.6. The molecule has 1 amide bonds. The molecule has 0 spiro atoms. The molecule has 0 fully saturated rings. The second kappa shape index (κ2) is 5.05. The molecule has 1 heterocycles. The number of furan rings is 1. The van der Waals surface area contributed by atoms with Gasteiger partial charge in [-0.3, -0.25) is 4.79 Å². The maximum Gasteiger partial charge on any atom is 0.227 e. The number of rotatable bonds is 4. The van der Waals surface area contributed by atoms with Crippen LogP contribution in [0.3, 0.4) is 0 Å². The normalized spacial score (nSPS) is 11.8. The highest BCUT2D eigenvalue weighted by molar-refractivity contribution is 6.02. The SMILES string of the molecule is CN(C(=O)CC(C)(C)CN)c1coc2ccccc12. The van der Waals surface area contributed by atoms with Gasteiger partial charge in [0.15, 0.2) is 0 Å². The van der Waals surface area contributed by atoms with Crippen LogP contribution < -0.4 is 10.6 Å². The molecule has 4 nitrogen and oxygen atoms in total. The molecule has 2 rings (SSSR count). The molecule has 0 saturated carbocycles. The molecule has 0 bridgehead atoms. The topological polar surface area (TPSA) is 59.5 Å². The van der Waals surface area contributed by atoms with E-state index in [4.69, 9.17) is 10.2 Å². The lowest BCUT2D eigenvalue weighted by Gasteiger charge is -2.25. The number of anilines is 1. The summed E-state index contributed by atoms with van der Waals surface area (Å²) < 4.78 is 5.46. The van der Waals surface area contributed by atoms with Crippen LogP contribution in [0.15, 0.2) is 34.9 Å². The maximum absolute atomic E-state index is 12.3. The minimum absolute atomic E-state index is 0.0435. The number of para-hydroxylation sites is 1. The Balaban J connectivity index is 2.24. The molecule has 0 aliphatic heterocycles. The van der Waals surface area contributed by atoms with Gasteiger partial charge in [-0.2, -0.15) is 0 Å². The van der Waals surface area contributed by atoms with Crippen molar-refractivity contribution >= 4 is 22.6 Å². The first-order chi connectivity index (χ1) is 8.94. The Morgan fingerprint density at radius 2 is 2.05 bits per heavy atom. The molecule has 0 radical (unpaired) electrons. The summed E-state index contributed by atoms with van der Waals surface area (Å²) in [7, 11) is 1.77. The van der Waals surface area contributed by atoms with Crippen molar-refractivity contribution in [2.75, 3.05) is 18.5 Å². The van der Waals surface area contributed by atoms with Gasteiger partial charge in [-0.15, -0.1) is 0 Å². The van der Waals surface area contributed by atoms with Crippen molar-refractivity contribution in [3.8, 4) is 0 Å². The molecule has 0 saturated heterocycles. The highest BCUT2D eigenvalue weighted by Crippen LogP contribution is 2.29. The van der Waals surface area contributed by atoms with Gasteiger partial charge in [-0.25, -0.2) is 0 Å². The Bertz CT molecular complexity index is 587. The van der Waals surface area contributed by atoms with E-state index in [9.17, 15) is 4.79 Å². The van der Waals surface area contributed by atoms with Gasteiger partial charge in [0.25, 0.3) is 0 Å². The number of nitrogens with zero attached hydrogens (tertiary/aromatic N) is 1. The number of benzene rings is 1. The third-order valence-electron chi connectivity index (χ3n) is 3.38. The molecule has 2 N–H and O–H groups in total. The van der Waals surface area contributed by atoms with Crippen LogP contribution in [-0.4, -0.2) is 19.5 Å². The van der Waals surface area contributed by atoms with Crippen LogP contribution in [0.4, 0.5) is 5.69 Å². The van der Waals surface area contributed by atoms with E-state index in [1.807, 2.05) is 38.1 Å². The fourth-order valence-electron chi connectivity index (χ4n) is 1.96. The van der Waals surface area contributed by atoms with Gasteiger partial charge in [-0.05, 0) is 24.1 Å². The Hall–Kier alpha value is -1.81. The molecule has 2 aromatic rings. The zero-order chi connectivity index (χ0) is 14.0. The zero-order valence-corrected chi connectivity index (χ0v) is 11.6. The summed E-state index contributed by atoms with van der Waals surface area (Å²) in [6.45, 7) is 4.47. The molecule has 1 aromatic carbocycles. The van der Waals surface area contributed by atoms with Crippen molar-refractivity contribution in [1.29, 1.82) is 0 Å². The fourth-order valence-corrected chi connectivity index (χ4v) is 1.96. The Labute approximate surface area is 113 Å². The van der Waals surface area contributed by atoms with Crippen LogP contribution in [0.1, 0.15) is 20.3 Å². The summed E-state index contributed by atoms with van der Waals surface area (Å²) in [6.07, 6.45) is 2.04. The van der Waals surface area contributed by atoms with E-state index >= 15 is 0 Å². The summed E-state index contributed by atoms with van der Waals surface area (Å²) in [5.74, 6) is 0.0435. The fraction of sp³-hybridized carbons (Fsp3) is 0.400. The summed E-state index contributed by atoms with van der Waals surface area (Å²) in [6, 6.07) is 7.69. The van der Waals surface area contributed by atoms with E-state index in [0.717, 1.165) is 16.7 Å². The number of carbonyl (C=O) groups is 1. The van der Waals surface area contributed by atoms with Crippen LogP contribution in [0.2, 0.25) is 0 Å². The molecule has 0 aliphatic rings. The van der Waals surface area contributed by atoms with E-state index < -0.39 is 0 Å². The molecule has 0 atom stereocenters. The smallest absolute Gasteiger partial charge is 0.227 e. The van der Waals surface area contributed by atoms with Crippen molar-refractivity contribution in [1.82, 2.24) is 0 Å². The minimum atomic E-state index is -0.190. The largest absolute Gasteiger partial charge is 0.462 e. The second-order valence-electron chi connectivity index (χ2n) is 5.61. The molecule has 1 aromatic heterocycles. The number of carbonyl (C=O) groups excluding carboxylic acids is 1. The van der Waals surface area contributed by atoms with Gasteiger partial charge in [0.05, 0.1) is 5.69 Å². The number of amides is 1. The highest BCUT2D eigenvalue weighted by Gasteiger charge is 2.24. The van der Waals surface area contributed by atoms with Crippen molar-refractivity contribution < 1.29 is 9.21 Å². The second-order valence-corrected chi connectivity index (χ2v) is 5.61. The van der Waals surface area contributed by atoms with Crippen molar-refractivity contribution in [3.63, 3.8) is 0 Å². The Morgan fingerprint density at radius 1 is 1.37 bits per heavy atom. The molecular formula is C15H20N2O2. The van der Waals surface area contributed by atoms with E-state index in [0.29, 0.717) is 13.0 Å². The first-order valence-electron chi connectivity index (χ1n) is 6.37. The van der Waals surface area contributed by atoms with Crippen LogP contribution >= 0.6 is 0 Å². The minimum Gasteiger partial charge on any atom is -0.462 e. The predicted molar refractivity (Wildman–Crippen MR) is 77.1 cm³/mol. The number of fused-ring (bicyclic) bond motifs is 1. The van der Waals surface area contributed by atoms with Crippen LogP contribution in [0.25, 0.3) is 11.0 Å². The van der Waals surface area contributed by atoms with Gasteiger partial charge in [0.1, 0.15) is 11.8 Å². The van der Waals surface area contributed by atoms with E-state index in [1.165, 1.54) is 0 Å². The average Bonchev–Trinajstić information content (AvgIpc) is 2.81. The van der Waals surface area contributed by atoms with Crippen molar-refractivity contribution in [2.24, 2.45) is 11.1 Å². The van der Waals surface area contributed by atoms with Crippen LogP contribution in [0.5, 0.6) is 0 Å². The number of hydrogen-bond donors (Lipinski definition) is 1. The summed E-state index contributed by atoms with van der Waals surface area (Å²) in [4.78, 5) is 13.9. The molecule has 4 heteroatoms. The van der Waals surface area contributed by atoms with Crippen molar-refractivity contribution in [2.45, 2.75) is 20.3 Å². The monoisotopic (exact) mass is 260 g/mol. The van der Waals surface area contributed by atoms with E-state index in [-0.39, 0.29) is 11.3 Å². The lowest BCUT2D eigenvalue weighted by Crippen LogP contribution is -2.34. The molecular weight excluding hydrogens is 240 g/mol. The highest BCUT2D eigenvalue weighted by atomic mass is 16.3. The van der Waals surface area contributed by atoms with Gasteiger partial charge in [0.2, 0.25) is 5.91 Å². The van der Waals surface area contributed by atoms with Gasteiger partial charge >= 0.3 is 0 Å². The Morgan fingerprint density at radius 3 is 2.74 bits per heavy atom. The maximum atomic E-state index is 12.3. The lowest BCUT2D eigenvalue weighted by atomic mass is 9.89. The molecule has 19 heavy (non-hydrogen) atoms. The molecule has 0 aliphatic carbocycles. The van der Waals surface area contributed by atoms with Gasteiger partial charge in [-0.1, -0.05) is 26.0 Å². The van der Waals surface area contributed by atoms with E-state index in [2.05, 4.69) is 0 Å². The quantitative estimate of drug-likeness (QED) is 0.919. The predicted octanol–water partition coefficient (Wildman–Crippen LogP) is 2.77. The van der Waals surface area contributed by atoms with Gasteiger partial charge < -0.3 is 15.1 Å². The Kier molecular flexibility index (Phi) is 3.62. The first-order valence-corrected chi connectivity index (χ1v) is 6.37. The van der Waals surface area contributed by atoms with Crippen molar-refractivity contribution in [3.05, 3.63) is 30.5 Å². The third-order valence-corrected chi connectivity index (χ3v) is 3.38. The molecule has 102 valence electrons. The number of nitrogens with two attached hydrogens (primary N) is 1. The lowest BCUT2D eigenvalue weighted by molar-refractivity contribution is -0.120.